The molecule has 0 unspecified atom stereocenters. The summed E-state index contributed by atoms with van der Waals surface area (Å²) in [4.78, 5) is 28.2. The minimum absolute atomic E-state index is 0.0707. The van der Waals surface area contributed by atoms with Crippen LogP contribution in [0.25, 0.3) is 0 Å². The molecular formula is C13H11FN2O2S. The van der Waals surface area contributed by atoms with Gasteiger partial charge in [-0.1, -0.05) is 30.0 Å². The van der Waals surface area contributed by atoms with Gasteiger partial charge in [0.2, 0.25) is 0 Å². The van der Waals surface area contributed by atoms with E-state index in [1.54, 1.807) is 37.3 Å². The summed E-state index contributed by atoms with van der Waals surface area (Å²) in [5.74, 6) is -0.506. The highest BCUT2D eigenvalue weighted by Crippen LogP contribution is 2.15. The molecule has 0 bridgehead atoms. The van der Waals surface area contributed by atoms with Crippen molar-refractivity contribution >= 4 is 17.7 Å². The smallest absolute Gasteiger partial charge is 0.266 e. The third kappa shape index (κ3) is 2.90. The largest absolute Gasteiger partial charge is 0.269 e. The lowest BCUT2D eigenvalue weighted by Crippen LogP contribution is -2.29. The Morgan fingerprint density at radius 2 is 2.05 bits per heavy atom. The van der Waals surface area contributed by atoms with Gasteiger partial charge in [0.1, 0.15) is 6.01 Å². The molecule has 0 aliphatic rings. The first-order chi connectivity index (χ1) is 9.13. The van der Waals surface area contributed by atoms with Gasteiger partial charge < -0.3 is 0 Å². The molecule has 1 aromatic heterocycles. The molecule has 1 heterocycles. The molecule has 0 atom stereocenters. The van der Waals surface area contributed by atoms with Crippen molar-refractivity contribution in [2.45, 2.75) is 12.1 Å². The number of nitrogens with zero attached hydrogens (tertiary/aromatic N) is 2. The van der Waals surface area contributed by atoms with Crippen LogP contribution in [-0.2, 0) is 0 Å². The average molecular weight is 278 g/mol. The fraction of sp³-hybridized carbons (Fsp3) is 0.154. The molecule has 0 aliphatic heterocycles. The molecule has 4 nitrogen and oxygen atoms in total. The van der Waals surface area contributed by atoms with Crippen molar-refractivity contribution in [1.82, 2.24) is 9.55 Å². The van der Waals surface area contributed by atoms with Crippen molar-refractivity contribution in [2.75, 3.05) is 6.01 Å². The van der Waals surface area contributed by atoms with Crippen LogP contribution in [0.4, 0.5) is 4.39 Å². The highest BCUT2D eigenvalue weighted by atomic mass is 32.2. The maximum atomic E-state index is 12.5. The van der Waals surface area contributed by atoms with Crippen LogP contribution in [0.15, 0.2) is 46.3 Å². The predicted molar refractivity (Wildman–Crippen MR) is 71.2 cm³/mol. The van der Waals surface area contributed by atoms with Crippen molar-refractivity contribution in [3.63, 3.8) is 0 Å². The van der Waals surface area contributed by atoms with Crippen LogP contribution in [0.2, 0.25) is 0 Å². The Balaban J connectivity index is 2.56. The molecule has 0 aliphatic carbocycles. The highest BCUT2D eigenvalue weighted by molar-refractivity contribution is 7.99. The average Bonchev–Trinajstić information content (AvgIpc) is 2.39. The van der Waals surface area contributed by atoms with Gasteiger partial charge in [0.05, 0.1) is 0 Å². The number of hydrogen-bond donors (Lipinski definition) is 0. The second kappa shape index (κ2) is 5.79. The third-order valence-corrected chi connectivity index (χ3v) is 3.06. The van der Waals surface area contributed by atoms with E-state index in [9.17, 15) is 14.0 Å². The van der Waals surface area contributed by atoms with E-state index in [0.29, 0.717) is 11.3 Å². The first kappa shape index (κ1) is 13.5. The van der Waals surface area contributed by atoms with E-state index in [0.717, 1.165) is 16.3 Å². The number of rotatable bonds is 3. The van der Waals surface area contributed by atoms with Crippen LogP contribution in [0.5, 0.6) is 0 Å². The monoisotopic (exact) mass is 278 g/mol. The minimum atomic E-state index is -0.752. The van der Waals surface area contributed by atoms with Crippen molar-refractivity contribution in [1.29, 1.82) is 0 Å². The molecule has 19 heavy (non-hydrogen) atoms. The van der Waals surface area contributed by atoms with E-state index in [1.807, 2.05) is 0 Å². The third-order valence-electron chi connectivity index (χ3n) is 2.42. The molecule has 0 saturated carbocycles. The van der Waals surface area contributed by atoms with E-state index in [4.69, 9.17) is 0 Å². The highest BCUT2D eigenvalue weighted by Gasteiger charge is 2.16. The molecule has 98 valence electrons. The number of hydrogen-bond acceptors (Lipinski definition) is 4. The Labute approximate surface area is 113 Å². The van der Waals surface area contributed by atoms with Crippen molar-refractivity contribution in [2.24, 2.45) is 0 Å². The fourth-order valence-corrected chi connectivity index (χ4v) is 2.22. The molecule has 0 saturated heterocycles. The van der Waals surface area contributed by atoms with Crippen LogP contribution in [0, 0.1) is 6.92 Å². The molecule has 0 spiro atoms. The molecule has 2 aromatic rings. The van der Waals surface area contributed by atoms with Crippen LogP contribution >= 0.6 is 11.8 Å². The first-order valence-electron chi connectivity index (χ1n) is 5.52. The summed E-state index contributed by atoms with van der Waals surface area (Å²) in [6.07, 6.45) is 0. The lowest BCUT2D eigenvalue weighted by Gasteiger charge is -2.09. The zero-order valence-electron chi connectivity index (χ0n) is 10.2. The number of thioether (sulfide) groups is 1. The van der Waals surface area contributed by atoms with Gasteiger partial charge in [0.15, 0.2) is 5.16 Å². The summed E-state index contributed by atoms with van der Waals surface area (Å²) in [5.41, 5.74) is 0.311. The minimum Gasteiger partial charge on any atom is -0.269 e. The van der Waals surface area contributed by atoms with E-state index in [1.165, 1.54) is 6.07 Å². The van der Waals surface area contributed by atoms with Crippen LogP contribution in [0.1, 0.15) is 16.1 Å². The molecule has 0 N–H and O–H groups in total. The Bertz CT molecular complexity index is 655. The van der Waals surface area contributed by atoms with Gasteiger partial charge in [-0.3, -0.25) is 9.59 Å². The Hall–Kier alpha value is -1.95. The normalized spacial score (nSPS) is 10.4. The molecule has 0 fully saturated rings. The zero-order chi connectivity index (χ0) is 13.8. The number of aromatic nitrogens is 2. The summed E-state index contributed by atoms with van der Waals surface area (Å²) in [6.45, 7) is 1.63. The van der Waals surface area contributed by atoms with Gasteiger partial charge in [-0.15, -0.1) is 0 Å². The van der Waals surface area contributed by atoms with Gasteiger partial charge in [0, 0.05) is 17.3 Å². The number of halogens is 1. The molecule has 0 radical (unpaired) electrons. The number of aryl methyl sites for hydroxylation is 1. The number of benzene rings is 1. The second-order valence-electron chi connectivity index (χ2n) is 3.78. The number of carbonyl (C=O) groups excluding carboxylic acids is 1. The number of carbonyl (C=O) groups is 1. The molecule has 6 heteroatoms. The van der Waals surface area contributed by atoms with E-state index in [2.05, 4.69) is 4.98 Å². The van der Waals surface area contributed by atoms with Crippen LogP contribution in [-0.4, -0.2) is 21.5 Å². The zero-order valence-corrected chi connectivity index (χ0v) is 11.0. The topological polar surface area (TPSA) is 52.0 Å². The number of alkyl halides is 1. The quantitative estimate of drug-likeness (QED) is 0.638. The van der Waals surface area contributed by atoms with Crippen LogP contribution in [0.3, 0.4) is 0 Å². The van der Waals surface area contributed by atoms with Gasteiger partial charge >= 0.3 is 0 Å². The summed E-state index contributed by atoms with van der Waals surface area (Å²) in [7, 11) is 0. The second-order valence-corrected chi connectivity index (χ2v) is 4.65. The van der Waals surface area contributed by atoms with Gasteiger partial charge in [-0.2, -0.15) is 0 Å². The summed E-state index contributed by atoms with van der Waals surface area (Å²) in [6, 6.07) is 8.85. The van der Waals surface area contributed by atoms with Gasteiger partial charge in [-0.05, 0) is 19.1 Å². The van der Waals surface area contributed by atoms with Gasteiger partial charge in [-0.25, -0.2) is 13.9 Å². The lowest BCUT2D eigenvalue weighted by molar-refractivity contribution is 0.0943. The summed E-state index contributed by atoms with van der Waals surface area (Å²) < 4.78 is 13.4. The van der Waals surface area contributed by atoms with E-state index >= 15 is 0 Å². The molecule has 1 aromatic carbocycles. The Morgan fingerprint density at radius 3 is 2.68 bits per heavy atom. The van der Waals surface area contributed by atoms with Gasteiger partial charge in [0.25, 0.3) is 11.5 Å². The maximum absolute atomic E-state index is 12.5. The lowest BCUT2D eigenvalue weighted by atomic mass is 10.2. The summed E-state index contributed by atoms with van der Waals surface area (Å²) in [5, 5.41) is 0.0707. The standard InChI is InChI=1S/C13H11FN2O2S/c1-9-7-11(17)16(13(15-9)19-8-14)12(18)10-5-3-2-4-6-10/h2-7H,8H2,1H3. The molecule has 2 rings (SSSR count). The fourth-order valence-electron chi connectivity index (χ4n) is 1.61. The Morgan fingerprint density at radius 1 is 1.37 bits per heavy atom. The van der Waals surface area contributed by atoms with Crippen molar-refractivity contribution in [3.05, 3.63) is 58.0 Å². The van der Waals surface area contributed by atoms with E-state index < -0.39 is 17.5 Å². The maximum Gasteiger partial charge on any atom is 0.266 e. The Kier molecular flexibility index (Phi) is 4.11. The summed E-state index contributed by atoms with van der Waals surface area (Å²) >= 11 is 0.718. The van der Waals surface area contributed by atoms with Crippen LogP contribution < -0.4 is 5.56 Å². The predicted octanol–water partition coefficient (Wildman–Crippen LogP) is 2.26. The SMILES string of the molecule is Cc1cc(=O)n(C(=O)c2ccccc2)c(SCF)n1. The molecular weight excluding hydrogens is 267 g/mol. The molecule has 0 amide bonds. The van der Waals surface area contributed by atoms with Crippen molar-refractivity contribution < 1.29 is 9.18 Å². The van der Waals surface area contributed by atoms with E-state index in [-0.39, 0.29) is 5.16 Å². The van der Waals surface area contributed by atoms with Crippen molar-refractivity contribution in [3.8, 4) is 0 Å². The first-order valence-corrected chi connectivity index (χ1v) is 6.51.